The van der Waals surface area contributed by atoms with Crippen molar-refractivity contribution >= 4 is 44.4 Å². The number of amides is 1. The quantitative estimate of drug-likeness (QED) is 0.706. The maximum absolute atomic E-state index is 13.6. The third-order valence-corrected chi connectivity index (χ3v) is 4.84. The van der Waals surface area contributed by atoms with Crippen molar-refractivity contribution in [3.05, 3.63) is 53.6 Å². The monoisotopic (exact) mass is 350 g/mol. The molecule has 1 aromatic heterocycles. The molecule has 0 aliphatic carbocycles. The van der Waals surface area contributed by atoms with Gasteiger partial charge in [0.05, 0.1) is 11.1 Å². The lowest BCUT2D eigenvalue weighted by atomic mass is 10.1. The van der Waals surface area contributed by atoms with Crippen LogP contribution < -0.4 is 5.32 Å². The Balaban J connectivity index is 1.73. The maximum atomic E-state index is 13.6. The fraction of sp³-hybridized carbons (Fsp3) is 0.125. The zero-order valence-corrected chi connectivity index (χ0v) is 13.7. The number of hydrogen-bond acceptors (Lipinski definition) is 4. The van der Waals surface area contributed by atoms with E-state index in [9.17, 15) is 13.6 Å². The van der Waals surface area contributed by atoms with E-state index >= 15 is 0 Å². The van der Waals surface area contributed by atoms with Crippen LogP contribution in [0.5, 0.6) is 0 Å². The Kier molecular flexibility index (Phi) is 4.58. The molecule has 23 heavy (non-hydrogen) atoms. The molecule has 0 aliphatic heterocycles. The van der Waals surface area contributed by atoms with Crippen molar-refractivity contribution < 1.29 is 13.6 Å². The highest BCUT2D eigenvalue weighted by Gasteiger charge is 2.12. The van der Waals surface area contributed by atoms with Crippen LogP contribution in [0.1, 0.15) is 5.56 Å². The van der Waals surface area contributed by atoms with Crippen LogP contribution in [0.15, 0.2) is 41.3 Å². The first kappa shape index (κ1) is 15.9. The van der Waals surface area contributed by atoms with Crippen molar-refractivity contribution in [1.82, 2.24) is 4.98 Å². The van der Waals surface area contributed by atoms with Crippen LogP contribution >= 0.6 is 23.1 Å². The lowest BCUT2D eigenvalue weighted by Crippen LogP contribution is -2.14. The smallest absolute Gasteiger partial charge is 0.230 e. The van der Waals surface area contributed by atoms with Gasteiger partial charge in [-0.1, -0.05) is 23.5 Å². The molecule has 3 aromatic rings. The van der Waals surface area contributed by atoms with Crippen LogP contribution in [0.3, 0.4) is 0 Å². The number of carbonyl (C=O) groups is 1. The Labute approximate surface area is 139 Å². The predicted molar refractivity (Wildman–Crippen MR) is 90.1 cm³/mol. The first-order valence-corrected chi connectivity index (χ1v) is 8.77. The Hall–Kier alpha value is -1.99. The van der Waals surface area contributed by atoms with Crippen molar-refractivity contribution in [1.29, 1.82) is 0 Å². The third-order valence-electron chi connectivity index (χ3n) is 3.18. The van der Waals surface area contributed by atoms with Crippen molar-refractivity contribution in [2.75, 3.05) is 11.6 Å². The largest absolute Gasteiger partial charge is 0.302 e. The molecule has 0 saturated heterocycles. The summed E-state index contributed by atoms with van der Waals surface area (Å²) in [5.41, 5.74) is 0.939. The standard InChI is InChI=1S/C16H12F2N2OS2/c1-22-11-4-2-9(3-5-11)6-14(21)19-16-20-15-12(18)7-10(17)8-13(15)23-16/h2-5,7-8H,6H2,1H3,(H,19,20,21). The number of carbonyl (C=O) groups excluding carboxylic acids is 1. The Morgan fingerprint density at radius 1 is 1.26 bits per heavy atom. The van der Waals surface area contributed by atoms with Crippen LogP contribution in [0.4, 0.5) is 13.9 Å². The van der Waals surface area contributed by atoms with Gasteiger partial charge in [-0.05, 0) is 30.0 Å². The molecule has 7 heteroatoms. The Morgan fingerprint density at radius 2 is 2.00 bits per heavy atom. The molecular formula is C16H12F2N2OS2. The molecule has 118 valence electrons. The van der Waals surface area contributed by atoms with Gasteiger partial charge < -0.3 is 5.32 Å². The molecule has 0 bridgehead atoms. The number of halogens is 2. The highest BCUT2D eigenvalue weighted by molar-refractivity contribution is 7.98. The zero-order valence-electron chi connectivity index (χ0n) is 12.1. The molecule has 1 heterocycles. The van der Waals surface area contributed by atoms with Gasteiger partial charge in [0.15, 0.2) is 10.9 Å². The molecule has 0 radical (unpaired) electrons. The number of rotatable bonds is 4. The summed E-state index contributed by atoms with van der Waals surface area (Å²) < 4.78 is 27.1. The van der Waals surface area contributed by atoms with E-state index in [1.165, 1.54) is 6.07 Å². The van der Waals surface area contributed by atoms with Crippen molar-refractivity contribution in [2.45, 2.75) is 11.3 Å². The summed E-state index contributed by atoms with van der Waals surface area (Å²) in [6.07, 6.45) is 2.18. The van der Waals surface area contributed by atoms with Gasteiger partial charge in [-0.15, -0.1) is 11.8 Å². The van der Waals surface area contributed by atoms with E-state index in [-0.39, 0.29) is 23.0 Å². The molecular weight excluding hydrogens is 338 g/mol. The molecule has 3 rings (SSSR count). The van der Waals surface area contributed by atoms with Crippen molar-refractivity contribution in [2.24, 2.45) is 0 Å². The summed E-state index contributed by atoms with van der Waals surface area (Å²) in [5, 5.41) is 2.89. The van der Waals surface area contributed by atoms with Gasteiger partial charge in [-0.25, -0.2) is 13.8 Å². The number of thiazole rings is 1. The minimum atomic E-state index is -0.732. The second-order valence-electron chi connectivity index (χ2n) is 4.83. The minimum Gasteiger partial charge on any atom is -0.302 e. The molecule has 1 amide bonds. The molecule has 0 unspecified atom stereocenters. The summed E-state index contributed by atoms with van der Waals surface area (Å²) in [5.74, 6) is -1.64. The third kappa shape index (κ3) is 3.68. The van der Waals surface area contributed by atoms with E-state index in [2.05, 4.69) is 10.3 Å². The molecule has 3 nitrogen and oxygen atoms in total. The van der Waals surface area contributed by atoms with E-state index < -0.39 is 11.6 Å². The second kappa shape index (κ2) is 6.64. The summed E-state index contributed by atoms with van der Waals surface area (Å²) in [6, 6.07) is 9.65. The highest BCUT2D eigenvalue weighted by atomic mass is 32.2. The number of nitrogens with one attached hydrogen (secondary N) is 1. The fourth-order valence-electron chi connectivity index (χ4n) is 2.10. The minimum absolute atomic E-state index is 0.0658. The van der Waals surface area contributed by atoms with Crippen LogP contribution in [-0.4, -0.2) is 17.1 Å². The molecule has 0 saturated carbocycles. The average molecular weight is 350 g/mol. The van der Waals surface area contributed by atoms with E-state index in [0.29, 0.717) is 4.70 Å². The number of hydrogen-bond donors (Lipinski definition) is 1. The normalized spacial score (nSPS) is 10.9. The number of fused-ring (bicyclic) bond motifs is 1. The lowest BCUT2D eigenvalue weighted by molar-refractivity contribution is -0.115. The Bertz CT molecular complexity index is 862. The summed E-state index contributed by atoms with van der Waals surface area (Å²) in [4.78, 5) is 17.2. The maximum Gasteiger partial charge on any atom is 0.230 e. The summed E-state index contributed by atoms with van der Waals surface area (Å²) in [7, 11) is 0. The van der Waals surface area contributed by atoms with Gasteiger partial charge in [0.2, 0.25) is 5.91 Å². The first-order valence-electron chi connectivity index (χ1n) is 6.73. The van der Waals surface area contributed by atoms with E-state index in [1.54, 1.807) is 11.8 Å². The molecule has 1 N–H and O–H groups in total. The van der Waals surface area contributed by atoms with E-state index in [1.807, 2.05) is 30.5 Å². The number of nitrogens with zero attached hydrogens (tertiary/aromatic N) is 1. The van der Waals surface area contributed by atoms with Crippen molar-refractivity contribution in [3.63, 3.8) is 0 Å². The number of aromatic nitrogens is 1. The second-order valence-corrected chi connectivity index (χ2v) is 6.74. The fourth-order valence-corrected chi connectivity index (χ4v) is 3.43. The average Bonchev–Trinajstić information content (AvgIpc) is 2.90. The lowest BCUT2D eigenvalue weighted by Gasteiger charge is -2.03. The predicted octanol–water partition coefficient (Wildman–Crippen LogP) is 4.48. The number of thioether (sulfide) groups is 1. The zero-order chi connectivity index (χ0) is 16.4. The van der Waals surface area contributed by atoms with Gasteiger partial charge in [0.25, 0.3) is 0 Å². The molecule has 0 aliphatic rings. The van der Waals surface area contributed by atoms with E-state index in [4.69, 9.17) is 0 Å². The van der Waals surface area contributed by atoms with Gasteiger partial charge in [0.1, 0.15) is 11.3 Å². The molecule has 0 atom stereocenters. The van der Waals surface area contributed by atoms with Gasteiger partial charge in [-0.3, -0.25) is 4.79 Å². The van der Waals surface area contributed by atoms with Crippen LogP contribution in [0.25, 0.3) is 10.2 Å². The van der Waals surface area contributed by atoms with Crippen LogP contribution in [0.2, 0.25) is 0 Å². The van der Waals surface area contributed by atoms with E-state index in [0.717, 1.165) is 27.9 Å². The topological polar surface area (TPSA) is 42.0 Å². The summed E-state index contributed by atoms with van der Waals surface area (Å²) >= 11 is 2.67. The van der Waals surface area contributed by atoms with Crippen LogP contribution in [-0.2, 0) is 11.2 Å². The first-order chi connectivity index (χ1) is 11.0. The van der Waals surface area contributed by atoms with Gasteiger partial charge >= 0.3 is 0 Å². The van der Waals surface area contributed by atoms with Gasteiger partial charge in [-0.2, -0.15) is 0 Å². The number of anilines is 1. The molecule has 0 fully saturated rings. The number of benzene rings is 2. The van der Waals surface area contributed by atoms with Crippen LogP contribution in [0, 0.1) is 11.6 Å². The highest BCUT2D eigenvalue weighted by Crippen LogP contribution is 2.28. The Morgan fingerprint density at radius 3 is 2.70 bits per heavy atom. The molecule has 2 aromatic carbocycles. The molecule has 0 spiro atoms. The van der Waals surface area contributed by atoms with Crippen molar-refractivity contribution in [3.8, 4) is 0 Å². The SMILES string of the molecule is CSc1ccc(CC(=O)Nc2nc3c(F)cc(F)cc3s2)cc1. The summed E-state index contributed by atoms with van der Waals surface area (Å²) in [6.45, 7) is 0. The van der Waals surface area contributed by atoms with Gasteiger partial charge in [0, 0.05) is 11.0 Å².